The van der Waals surface area contributed by atoms with Crippen LogP contribution in [-0.4, -0.2) is 37.2 Å². The van der Waals surface area contributed by atoms with Crippen molar-refractivity contribution in [2.45, 2.75) is 13.8 Å². The Bertz CT molecular complexity index is 308. The molecule has 0 aromatic carbocycles. The van der Waals surface area contributed by atoms with Gasteiger partial charge < -0.3 is 4.74 Å². The highest BCUT2D eigenvalue weighted by Crippen LogP contribution is 2.25. The number of ether oxygens (including phenoxy) is 1. The van der Waals surface area contributed by atoms with E-state index in [1.54, 1.807) is 13.8 Å². The molecule has 92 valence electrons. The van der Waals surface area contributed by atoms with Crippen molar-refractivity contribution in [3.63, 3.8) is 0 Å². The van der Waals surface area contributed by atoms with E-state index in [-0.39, 0.29) is 18.3 Å². The molecule has 0 aromatic heterocycles. The molecule has 0 aliphatic heterocycles. The number of hydrogen-bond donors (Lipinski definition) is 0. The van der Waals surface area contributed by atoms with E-state index >= 15 is 0 Å². The van der Waals surface area contributed by atoms with Gasteiger partial charge in [-0.05, 0) is 18.4 Å². The van der Waals surface area contributed by atoms with Gasteiger partial charge in [0, 0.05) is 5.75 Å². The van der Waals surface area contributed by atoms with Crippen molar-refractivity contribution in [1.82, 2.24) is 0 Å². The van der Waals surface area contributed by atoms with E-state index in [1.165, 1.54) is 6.66 Å². The number of carbonyl (C=O) groups is 2. The predicted molar refractivity (Wildman–Crippen MR) is 62.7 cm³/mol. The molecule has 0 heterocycles. The zero-order valence-electron chi connectivity index (χ0n) is 10.5. The molecule has 0 aromatic rings. The molecule has 0 amide bonds. The average Bonchev–Trinajstić information content (AvgIpc) is 2.21. The maximum atomic E-state index is 11.7. The van der Waals surface area contributed by atoms with Crippen molar-refractivity contribution in [3.05, 3.63) is 0 Å². The zero-order valence-corrected chi connectivity index (χ0v) is 11.2. The van der Waals surface area contributed by atoms with E-state index < -0.39 is 19.9 Å². The van der Waals surface area contributed by atoms with Crippen LogP contribution in [0.15, 0.2) is 0 Å². The van der Waals surface area contributed by atoms with E-state index in [2.05, 4.69) is 4.74 Å². The summed E-state index contributed by atoms with van der Waals surface area (Å²) in [6, 6.07) is 0. The van der Waals surface area contributed by atoms with Gasteiger partial charge in [-0.15, -0.1) is 4.52 Å². The lowest BCUT2D eigenvalue weighted by atomic mass is 9.97. The third-order valence-corrected chi connectivity index (χ3v) is 3.37. The predicted octanol–water partition coefficient (Wildman–Crippen LogP) is 1.83. The van der Waals surface area contributed by atoms with Crippen molar-refractivity contribution in [2.75, 3.05) is 25.6 Å². The molecule has 0 spiro atoms. The summed E-state index contributed by atoms with van der Waals surface area (Å²) in [6.07, 6.45) is -1.15. The lowest BCUT2D eigenvalue weighted by molar-refractivity contribution is -0.134. The highest BCUT2D eigenvalue weighted by molar-refractivity contribution is 8.13. The van der Waals surface area contributed by atoms with Gasteiger partial charge in [-0.3, -0.25) is 9.59 Å². The summed E-state index contributed by atoms with van der Waals surface area (Å²) in [6.45, 7) is 4.82. The maximum Gasteiger partial charge on any atom is 0.504 e. The van der Waals surface area contributed by atoms with E-state index in [0.29, 0.717) is 5.75 Å². The Balaban J connectivity index is 3.94. The number of rotatable bonds is 7. The molecule has 0 rings (SSSR count). The fraction of sp³-hybridized carbons (Fsp3) is 0.778. The van der Waals surface area contributed by atoms with Crippen molar-refractivity contribution < 1.29 is 24.8 Å². The summed E-state index contributed by atoms with van der Waals surface area (Å²) in [5.74, 6) is 0.395. The van der Waals surface area contributed by atoms with Gasteiger partial charge in [-0.1, -0.05) is 11.8 Å². The summed E-state index contributed by atoms with van der Waals surface area (Å²) in [4.78, 5) is 22.0. The van der Waals surface area contributed by atoms with Gasteiger partial charge in [-0.2, -0.15) is 0 Å². The molecule has 0 saturated heterocycles. The molecule has 0 fully saturated rings. The smallest absolute Gasteiger partial charge is 0.467 e. The van der Waals surface area contributed by atoms with Gasteiger partial charge in [0.25, 0.3) is 6.45 Å². The Morgan fingerprint density at radius 1 is 1.62 bits per heavy atom. The first kappa shape index (κ1) is 13.6. The average molecular weight is 268 g/mol. The standard InChI is InChI=1S/C9H16O5PS/c1-9(2,6-13-7-10)8(11)16-5-4-14-15(3)12/h7H,4-6H2,1-3H3/q+1/i7D. The lowest BCUT2D eigenvalue weighted by Gasteiger charge is -2.20. The SMILES string of the molecule is [2H]C(=O)OCC(C)(C)C(=O)SCCO[P+](C)=O. The van der Waals surface area contributed by atoms with Crippen LogP contribution in [0.2, 0.25) is 0 Å². The molecule has 5 nitrogen and oxygen atoms in total. The molecule has 1 unspecified atom stereocenters. The highest BCUT2D eigenvalue weighted by Gasteiger charge is 2.28. The van der Waals surface area contributed by atoms with Crippen LogP contribution >= 0.6 is 19.8 Å². The molecule has 0 saturated carbocycles. The Kier molecular flexibility index (Phi) is 6.61. The minimum Gasteiger partial charge on any atom is -0.467 e. The van der Waals surface area contributed by atoms with Crippen LogP contribution < -0.4 is 0 Å². The second-order valence-electron chi connectivity index (χ2n) is 3.66. The Hall–Kier alpha value is -0.450. The maximum absolute atomic E-state index is 11.7. The van der Waals surface area contributed by atoms with Gasteiger partial charge in [0.15, 0.2) is 13.2 Å². The molecule has 0 bridgehead atoms. The van der Waals surface area contributed by atoms with E-state index in [9.17, 15) is 14.2 Å². The summed E-state index contributed by atoms with van der Waals surface area (Å²) >= 11 is 1.03. The first-order valence-corrected chi connectivity index (χ1v) is 7.21. The van der Waals surface area contributed by atoms with Crippen LogP contribution in [-0.2, 0) is 23.4 Å². The fourth-order valence-electron chi connectivity index (χ4n) is 0.764. The van der Waals surface area contributed by atoms with Crippen molar-refractivity contribution in [2.24, 2.45) is 5.41 Å². The van der Waals surface area contributed by atoms with E-state index in [1.807, 2.05) is 0 Å². The van der Waals surface area contributed by atoms with Crippen LogP contribution in [0.1, 0.15) is 15.2 Å². The fourth-order valence-corrected chi connectivity index (χ4v) is 2.04. The van der Waals surface area contributed by atoms with Crippen LogP contribution in [0.3, 0.4) is 0 Å². The second kappa shape index (κ2) is 7.76. The summed E-state index contributed by atoms with van der Waals surface area (Å²) in [5.41, 5.74) is -0.838. The molecule has 16 heavy (non-hydrogen) atoms. The third-order valence-electron chi connectivity index (χ3n) is 1.63. The molecule has 0 aliphatic rings. The largest absolute Gasteiger partial charge is 0.504 e. The molecule has 0 aliphatic carbocycles. The summed E-state index contributed by atoms with van der Waals surface area (Å²) < 4.78 is 26.5. The first-order valence-electron chi connectivity index (χ1n) is 5.10. The van der Waals surface area contributed by atoms with Gasteiger partial charge in [0.2, 0.25) is 0 Å². The van der Waals surface area contributed by atoms with E-state index in [4.69, 9.17) is 5.89 Å². The first-order chi connectivity index (χ1) is 7.75. The van der Waals surface area contributed by atoms with Gasteiger partial charge in [-0.25, -0.2) is 0 Å². The summed E-state index contributed by atoms with van der Waals surface area (Å²) in [7, 11) is -1.64. The van der Waals surface area contributed by atoms with Crippen LogP contribution in [0.25, 0.3) is 0 Å². The molecule has 1 atom stereocenters. The minimum absolute atomic E-state index is 0.121. The Morgan fingerprint density at radius 2 is 2.25 bits per heavy atom. The Morgan fingerprint density at radius 3 is 2.75 bits per heavy atom. The highest BCUT2D eigenvalue weighted by atomic mass is 32.2. The molecular formula is C9H16O5PS+. The van der Waals surface area contributed by atoms with E-state index in [0.717, 1.165) is 11.8 Å². The third kappa shape index (κ3) is 6.93. The van der Waals surface area contributed by atoms with Crippen molar-refractivity contribution in [1.29, 1.82) is 0 Å². The lowest BCUT2D eigenvalue weighted by Crippen LogP contribution is -2.27. The topological polar surface area (TPSA) is 69.7 Å². The molecule has 7 heteroatoms. The van der Waals surface area contributed by atoms with Crippen LogP contribution in [0, 0.1) is 5.41 Å². The summed E-state index contributed by atoms with van der Waals surface area (Å²) in [5, 5.41) is -0.159. The van der Waals surface area contributed by atoms with Crippen LogP contribution in [0.5, 0.6) is 0 Å². The Labute approximate surface area is 102 Å². The normalized spacial score (nSPS) is 12.9. The van der Waals surface area contributed by atoms with Crippen molar-refractivity contribution in [3.8, 4) is 0 Å². The van der Waals surface area contributed by atoms with Crippen molar-refractivity contribution >= 4 is 31.4 Å². The zero-order chi connectivity index (χ0) is 13.5. The molecular weight excluding hydrogens is 251 g/mol. The number of carbonyl (C=O) groups excluding carboxylic acids is 2. The van der Waals surface area contributed by atoms with Gasteiger partial charge in [0.1, 0.15) is 13.2 Å². The molecule has 0 N–H and O–H groups in total. The van der Waals surface area contributed by atoms with Gasteiger partial charge >= 0.3 is 8.03 Å². The van der Waals surface area contributed by atoms with Gasteiger partial charge in [0.05, 0.1) is 5.41 Å². The number of hydrogen-bond acceptors (Lipinski definition) is 6. The van der Waals surface area contributed by atoms with Crippen LogP contribution in [0.4, 0.5) is 0 Å². The minimum atomic E-state index is -1.64. The molecule has 0 radical (unpaired) electrons. The quantitative estimate of drug-likeness (QED) is 0.398. The number of thioether (sulfide) groups is 1. The monoisotopic (exact) mass is 268 g/mol. The second-order valence-corrected chi connectivity index (χ2v) is 5.87.